The smallest absolute Gasteiger partial charge is 0.303 e. The number of carbonyl (C=O) groups is 1. The van der Waals surface area contributed by atoms with Crippen molar-refractivity contribution in [1.82, 2.24) is 4.90 Å². The summed E-state index contributed by atoms with van der Waals surface area (Å²) in [6.07, 6.45) is 5.56. The molecule has 98 valence electrons. The first-order valence-corrected chi connectivity index (χ1v) is 6.73. The summed E-state index contributed by atoms with van der Waals surface area (Å²) in [7, 11) is 0. The Morgan fingerprint density at radius 1 is 1.29 bits per heavy atom. The minimum absolute atomic E-state index is 0.338. The second kappa shape index (κ2) is 5.83. The highest BCUT2D eigenvalue weighted by Gasteiger charge is 2.27. The van der Waals surface area contributed by atoms with E-state index in [9.17, 15) is 4.79 Å². The van der Waals surface area contributed by atoms with Crippen LogP contribution >= 0.6 is 0 Å². The number of likely N-dealkylation sites (tertiary alicyclic amines) is 1. The van der Waals surface area contributed by atoms with Gasteiger partial charge in [-0.2, -0.15) is 0 Å². The maximum atomic E-state index is 10.6. The van der Waals surface area contributed by atoms with E-state index in [1.54, 1.807) is 0 Å². The topological polar surface area (TPSA) is 49.8 Å². The van der Waals surface area contributed by atoms with Gasteiger partial charge in [0, 0.05) is 13.0 Å². The molecule has 0 bridgehead atoms. The Kier molecular flexibility index (Phi) is 4.40. The maximum Gasteiger partial charge on any atom is 0.303 e. The van der Waals surface area contributed by atoms with Crippen molar-refractivity contribution in [3.05, 3.63) is 0 Å². The van der Waals surface area contributed by atoms with Crippen LogP contribution in [0.5, 0.6) is 0 Å². The standard InChI is InChI=1S/C13H23NO3/c1-10-2-3-12(17-10)9-14-6-4-11(5-7-14)8-13(15)16/h10-12H,2-9H2,1H3,(H,15,16). The van der Waals surface area contributed by atoms with Crippen LogP contribution in [0.4, 0.5) is 0 Å². The van der Waals surface area contributed by atoms with Gasteiger partial charge >= 0.3 is 5.97 Å². The zero-order valence-electron chi connectivity index (χ0n) is 10.6. The zero-order valence-corrected chi connectivity index (χ0v) is 10.6. The normalized spacial score (nSPS) is 31.8. The average Bonchev–Trinajstić information content (AvgIpc) is 2.66. The molecule has 0 amide bonds. The number of ether oxygens (including phenoxy) is 1. The van der Waals surface area contributed by atoms with Crippen molar-refractivity contribution < 1.29 is 14.6 Å². The number of aliphatic carboxylic acids is 1. The summed E-state index contributed by atoms with van der Waals surface area (Å²) in [4.78, 5) is 13.1. The van der Waals surface area contributed by atoms with Crippen molar-refractivity contribution in [1.29, 1.82) is 0 Å². The Balaban J connectivity index is 1.67. The number of hydrogen-bond donors (Lipinski definition) is 1. The van der Waals surface area contributed by atoms with E-state index >= 15 is 0 Å². The minimum Gasteiger partial charge on any atom is -0.481 e. The molecule has 4 heteroatoms. The molecule has 2 saturated heterocycles. The highest BCUT2D eigenvalue weighted by atomic mass is 16.5. The highest BCUT2D eigenvalue weighted by molar-refractivity contribution is 5.67. The molecule has 0 radical (unpaired) electrons. The average molecular weight is 241 g/mol. The van der Waals surface area contributed by atoms with Gasteiger partial charge in [0.15, 0.2) is 0 Å². The van der Waals surface area contributed by atoms with Gasteiger partial charge in [0.2, 0.25) is 0 Å². The Morgan fingerprint density at radius 2 is 2.00 bits per heavy atom. The van der Waals surface area contributed by atoms with Crippen molar-refractivity contribution in [2.75, 3.05) is 19.6 Å². The third-order valence-corrected chi connectivity index (χ3v) is 3.95. The number of piperidine rings is 1. The Labute approximate surface area is 103 Å². The molecule has 2 fully saturated rings. The first kappa shape index (κ1) is 12.8. The summed E-state index contributed by atoms with van der Waals surface area (Å²) >= 11 is 0. The van der Waals surface area contributed by atoms with Crippen molar-refractivity contribution >= 4 is 5.97 Å². The second-order valence-electron chi connectivity index (χ2n) is 5.49. The number of hydrogen-bond acceptors (Lipinski definition) is 3. The van der Waals surface area contributed by atoms with Crippen LogP contribution in [-0.4, -0.2) is 47.8 Å². The fraction of sp³-hybridized carbons (Fsp3) is 0.923. The molecule has 0 aromatic rings. The summed E-state index contributed by atoms with van der Waals surface area (Å²) in [6.45, 7) is 5.24. The number of nitrogens with zero attached hydrogens (tertiary/aromatic N) is 1. The third kappa shape index (κ3) is 3.96. The predicted molar refractivity (Wildman–Crippen MR) is 65.0 cm³/mol. The quantitative estimate of drug-likeness (QED) is 0.814. The molecular weight excluding hydrogens is 218 g/mol. The number of carboxylic acids is 1. The van der Waals surface area contributed by atoms with Crippen LogP contribution in [0.15, 0.2) is 0 Å². The van der Waals surface area contributed by atoms with Gasteiger partial charge in [-0.1, -0.05) is 0 Å². The summed E-state index contributed by atoms with van der Waals surface area (Å²) in [5.41, 5.74) is 0. The van der Waals surface area contributed by atoms with Gasteiger partial charge in [-0.25, -0.2) is 0 Å². The fourth-order valence-corrected chi connectivity index (χ4v) is 2.93. The largest absolute Gasteiger partial charge is 0.481 e. The first-order valence-electron chi connectivity index (χ1n) is 6.73. The van der Waals surface area contributed by atoms with Gasteiger partial charge in [0.25, 0.3) is 0 Å². The van der Waals surface area contributed by atoms with Crippen LogP contribution in [0.25, 0.3) is 0 Å². The lowest BCUT2D eigenvalue weighted by atomic mass is 9.93. The minimum atomic E-state index is -0.656. The van der Waals surface area contributed by atoms with Gasteiger partial charge in [0.1, 0.15) is 0 Å². The van der Waals surface area contributed by atoms with Gasteiger partial charge in [-0.05, 0) is 51.6 Å². The number of carboxylic acid groups (broad SMARTS) is 1. The van der Waals surface area contributed by atoms with Crippen LogP contribution in [0, 0.1) is 5.92 Å². The Bertz CT molecular complexity index is 261. The van der Waals surface area contributed by atoms with Crippen LogP contribution in [0.2, 0.25) is 0 Å². The molecule has 0 aromatic carbocycles. The molecule has 2 aliphatic rings. The van der Waals surface area contributed by atoms with Crippen molar-refractivity contribution in [2.24, 2.45) is 5.92 Å². The molecular formula is C13H23NO3. The molecule has 0 aliphatic carbocycles. The molecule has 2 heterocycles. The van der Waals surface area contributed by atoms with E-state index in [0.717, 1.165) is 32.5 Å². The van der Waals surface area contributed by atoms with E-state index in [0.29, 0.717) is 24.5 Å². The molecule has 2 unspecified atom stereocenters. The third-order valence-electron chi connectivity index (χ3n) is 3.95. The SMILES string of the molecule is CC1CCC(CN2CCC(CC(=O)O)CC2)O1. The molecule has 0 aromatic heterocycles. The van der Waals surface area contributed by atoms with Gasteiger partial charge in [-0.3, -0.25) is 4.79 Å². The van der Waals surface area contributed by atoms with Gasteiger partial charge in [0.05, 0.1) is 12.2 Å². The van der Waals surface area contributed by atoms with Crippen LogP contribution in [0.3, 0.4) is 0 Å². The Hall–Kier alpha value is -0.610. The van der Waals surface area contributed by atoms with Crippen LogP contribution in [0.1, 0.15) is 39.0 Å². The highest BCUT2D eigenvalue weighted by Crippen LogP contribution is 2.24. The fourth-order valence-electron chi connectivity index (χ4n) is 2.93. The molecule has 0 saturated carbocycles. The molecule has 4 nitrogen and oxygen atoms in total. The zero-order chi connectivity index (χ0) is 12.3. The summed E-state index contributed by atoms with van der Waals surface area (Å²) in [5.74, 6) is -0.274. The van der Waals surface area contributed by atoms with Crippen LogP contribution < -0.4 is 0 Å². The van der Waals surface area contributed by atoms with Gasteiger partial charge < -0.3 is 14.7 Å². The molecule has 0 spiro atoms. The van der Waals surface area contributed by atoms with E-state index in [1.807, 2.05) is 0 Å². The van der Waals surface area contributed by atoms with Crippen molar-refractivity contribution in [2.45, 2.75) is 51.2 Å². The summed E-state index contributed by atoms with van der Waals surface area (Å²) in [5, 5.41) is 8.76. The lowest BCUT2D eigenvalue weighted by molar-refractivity contribution is -0.138. The monoisotopic (exact) mass is 241 g/mol. The lowest BCUT2D eigenvalue weighted by Gasteiger charge is -2.32. The predicted octanol–water partition coefficient (Wildman–Crippen LogP) is 1.74. The van der Waals surface area contributed by atoms with Crippen molar-refractivity contribution in [3.63, 3.8) is 0 Å². The van der Waals surface area contributed by atoms with E-state index in [2.05, 4.69) is 11.8 Å². The maximum absolute atomic E-state index is 10.6. The number of rotatable bonds is 4. The lowest BCUT2D eigenvalue weighted by Crippen LogP contribution is -2.39. The molecule has 17 heavy (non-hydrogen) atoms. The van der Waals surface area contributed by atoms with Gasteiger partial charge in [-0.15, -0.1) is 0 Å². The molecule has 2 atom stereocenters. The second-order valence-corrected chi connectivity index (χ2v) is 5.49. The summed E-state index contributed by atoms with van der Waals surface area (Å²) < 4.78 is 5.82. The van der Waals surface area contributed by atoms with Crippen LogP contribution in [-0.2, 0) is 9.53 Å². The van der Waals surface area contributed by atoms with E-state index in [4.69, 9.17) is 9.84 Å². The summed E-state index contributed by atoms with van der Waals surface area (Å²) in [6, 6.07) is 0. The van der Waals surface area contributed by atoms with E-state index in [-0.39, 0.29) is 0 Å². The van der Waals surface area contributed by atoms with E-state index < -0.39 is 5.97 Å². The Morgan fingerprint density at radius 3 is 2.53 bits per heavy atom. The van der Waals surface area contributed by atoms with E-state index in [1.165, 1.54) is 12.8 Å². The molecule has 2 rings (SSSR count). The molecule has 2 aliphatic heterocycles. The van der Waals surface area contributed by atoms with Crippen molar-refractivity contribution in [3.8, 4) is 0 Å². The molecule has 1 N–H and O–H groups in total. The first-order chi connectivity index (χ1) is 8.13.